The molecule has 0 aromatic rings. The molecular formula is C58H102NO8P. The molecule has 0 spiro atoms. The monoisotopic (exact) mass is 972 g/mol. The smallest absolute Gasteiger partial charge is 0.306 e. The lowest BCUT2D eigenvalue weighted by Crippen LogP contribution is -2.37. The molecule has 10 heteroatoms. The lowest BCUT2D eigenvalue weighted by molar-refractivity contribution is -0.870. The summed E-state index contributed by atoms with van der Waals surface area (Å²) >= 11 is 0. The van der Waals surface area contributed by atoms with E-state index in [2.05, 4.69) is 98.9 Å². The number of hydrogen-bond donors (Lipinski definition) is 0. The molecular weight excluding hydrogens is 870 g/mol. The van der Waals surface area contributed by atoms with Crippen molar-refractivity contribution in [3.63, 3.8) is 0 Å². The molecule has 0 aliphatic heterocycles. The van der Waals surface area contributed by atoms with Crippen molar-refractivity contribution in [3.05, 3.63) is 85.1 Å². The highest BCUT2D eigenvalue weighted by molar-refractivity contribution is 7.45. The average molecular weight is 972 g/mol. The molecule has 68 heavy (non-hydrogen) atoms. The van der Waals surface area contributed by atoms with Crippen LogP contribution >= 0.6 is 7.82 Å². The van der Waals surface area contributed by atoms with E-state index in [4.69, 9.17) is 18.5 Å². The molecule has 392 valence electrons. The van der Waals surface area contributed by atoms with Gasteiger partial charge in [-0.3, -0.25) is 14.2 Å². The van der Waals surface area contributed by atoms with Crippen LogP contribution in [0, 0.1) is 0 Å². The van der Waals surface area contributed by atoms with Gasteiger partial charge in [0, 0.05) is 12.8 Å². The van der Waals surface area contributed by atoms with E-state index < -0.39 is 26.5 Å². The van der Waals surface area contributed by atoms with Crippen LogP contribution in [0.5, 0.6) is 0 Å². The number of rotatable bonds is 49. The second-order valence-electron chi connectivity index (χ2n) is 19.2. The summed E-state index contributed by atoms with van der Waals surface area (Å²) in [4.78, 5) is 37.6. The Labute approximate surface area is 418 Å². The van der Waals surface area contributed by atoms with Crippen LogP contribution in [0.1, 0.15) is 219 Å². The van der Waals surface area contributed by atoms with Crippen molar-refractivity contribution in [2.45, 2.75) is 225 Å². The first kappa shape index (κ1) is 65.2. The van der Waals surface area contributed by atoms with E-state index in [0.29, 0.717) is 17.4 Å². The number of esters is 2. The minimum atomic E-state index is -4.63. The molecule has 0 radical (unpaired) electrons. The molecule has 0 heterocycles. The fraction of sp³-hybridized carbons (Fsp3) is 0.724. The Hall–Kier alpha value is -2.81. The van der Waals surface area contributed by atoms with Crippen LogP contribution in [0.2, 0.25) is 0 Å². The number of hydrogen-bond acceptors (Lipinski definition) is 8. The molecule has 0 aromatic heterocycles. The van der Waals surface area contributed by atoms with Crippen LogP contribution in [-0.2, 0) is 32.7 Å². The molecule has 0 saturated carbocycles. The van der Waals surface area contributed by atoms with E-state index in [1.807, 2.05) is 21.1 Å². The summed E-state index contributed by atoms with van der Waals surface area (Å²) < 4.78 is 34.0. The maximum Gasteiger partial charge on any atom is 0.306 e. The van der Waals surface area contributed by atoms with Gasteiger partial charge >= 0.3 is 11.9 Å². The zero-order valence-electron chi connectivity index (χ0n) is 44.3. The van der Waals surface area contributed by atoms with Crippen molar-refractivity contribution in [1.29, 1.82) is 0 Å². The lowest BCUT2D eigenvalue weighted by atomic mass is 10.0. The second kappa shape index (κ2) is 49.2. The summed E-state index contributed by atoms with van der Waals surface area (Å²) in [6, 6.07) is 0. The number of ether oxygens (including phenoxy) is 2. The summed E-state index contributed by atoms with van der Waals surface area (Å²) in [6.07, 6.45) is 65.0. The number of likely N-dealkylation sites (N-methyl/N-ethyl adjacent to an activating group) is 1. The Bertz CT molecular complexity index is 1420. The van der Waals surface area contributed by atoms with Gasteiger partial charge in [-0.15, -0.1) is 0 Å². The number of phosphoric acid groups is 1. The van der Waals surface area contributed by atoms with Crippen LogP contribution in [0.15, 0.2) is 85.1 Å². The minimum Gasteiger partial charge on any atom is -0.756 e. The van der Waals surface area contributed by atoms with Crippen LogP contribution in [0.3, 0.4) is 0 Å². The summed E-state index contributed by atoms with van der Waals surface area (Å²) in [5.74, 6) is -0.838. The molecule has 0 aliphatic rings. The van der Waals surface area contributed by atoms with Crippen LogP contribution < -0.4 is 4.89 Å². The predicted molar refractivity (Wildman–Crippen MR) is 286 cm³/mol. The van der Waals surface area contributed by atoms with Gasteiger partial charge < -0.3 is 27.9 Å². The van der Waals surface area contributed by atoms with Gasteiger partial charge in [0.05, 0.1) is 27.7 Å². The number of carbonyl (C=O) groups excluding carboxylic acids is 2. The van der Waals surface area contributed by atoms with Crippen LogP contribution in [-0.4, -0.2) is 70.0 Å². The highest BCUT2D eigenvalue weighted by Crippen LogP contribution is 2.38. The van der Waals surface area contributed by atoms with E-state index in [1.54, 1.807) is 0 Å². The molecule has 0 bridgehead atoms. The van der Waals surface area contributed by atoms with Gasteiger partial charge in [0.25, 0.3) is 7.82 Å². The standard InChI is InChI=1S/C58H102NO8P/c1-6-8-10-12-14-16-17-18-19-20-21-22-23-24-25-26-27-28-29-30-31-32-33-34-35-36-37-38-39-40-41-43-45-47-49-51-58(61)67-56(55-66-68(62,63)65-53-52-59(3,4)5)54-64-57(60)50-48-46-44-42-15-13-11-9-7-2/h8,10,14,16,18-19,21-22,24-25,27-28,30-31,56H,6-7,9,11-13,15,17,20,23,26,29,32-55H2,1-5H3/b10-8-,16-14-,19-18-,22-21-,25-24-,28-27-,31-30-. The Kier molecular flexibility index (Phi) is 47.2. The first-order valence-electron chi connectivity index (χ1n) is 27.3. The third-order valence-corrected chi connectivity index (χ3v) is 12.4. The van der Waals surface area contributed by atoms with Gasteiger partial charge in [0.15, 0.2) is 6.10 Å². The normalized spacial score (nSPS) is 14.0. The molecule has 0 N–H and O–H groups in total. The Morgan fingerprint density at radius 2 is 0.838 bits per heavy atom. The molecule has 0 amide bonds. The Morgan fingerprint density at radius 3 is 1.25 bits per heavy atom. The zero-order chi connectivity index (χ0) is 49.9. The number of nitrogens with zero attached hydrogens (tertiary/aromatic N) is 1. The summed E-state index contributed by atoms with van der Waals surface area (Å²) in [5, 5.41) is 0. The van der Waals surface area contributed by atoms with Gasteiger partial charge in [0.2, 0.25) is 0 Å². The highest BCUT2D eigenvalue weighted by atomic mass is 31.2. The van der Waals surface area contributed by atoms with Gasteiger partial charge in [-0.05, 0) is 70.6 Å². The molecule has 0 saturated heterocycles. The average Bonchev–Trinajstić information content (AvgIpc) is 3.30. The zero-order valence-corrected chi connectivity index (χ0v) is 45.2. The molecule has 0 aromatic carbocycles. The largest absolute Gasteiger partial charge is 0.756 e. The Morgan fingerprint density at radius 1 is 0.471 bits per heavy atom. The van der Waals surface area contributed by atoms with Gasteiger partial charge in [-0.1, -0.05) is 221 Å². The van der Waals surface area contributed by atoms with Crippen molar-refractivity contribution < 1.29 is 42.1 Å². The van der Waals surface area contributed by atoms with Crippen LogP contribution in [0.25, 0.3) is 0 Å². The second-order valence-corrected chi connectivity index (χ2v) is 20.6. The number of quaternary nitrogens is 1. The quantitative estimate of drug-likeness (QED) is 0.0195. The van der Waals surface area contributed by atoms with Crippen molar-refractivity contribution in [1.82, 2.24) is 0 Å². The molecule has 2 unspecified atom stereocenters. The van der Waals surface area contributed by atoms with Gasteiger partial charge in [-0.25, -0.2) is 0 Å². The summed E-state index contributed by atoms with van der Waals surface area (Å²) in [6.45, 7) is 4.09. The third-order valence-electron chi connectivity index (χ3n) is 11.4. The van der Waals surface area contributed by atoms with E-state index in [1.165, 1.54) is 103 Å². The first-order chi connectivity index (χ1) is 33.0. The fourth-order valence-electron chi connectivity index (χ4n) is 7.22. The molecule has 2 atom stereocenters. The molecule has 0 fully saturated rings. The Balaban J connectivity index is 4.02. The number of carbonyl (C=O) groups is 2. The van der Waals surface area contributed by atoms with E-state index in [9.17, 15) is 19.0 Å². The maximum atomic E-state index is 12.7. The van der Waals surface area contributed by atoms with Crippen molar-refractivity contribution in [2.24, 2.45) is 0 Å². The molecule has 9 nitrogen and oxygen atoms in total. The molecule has 0 rings (SSSR count). The molecule has 0 aliphatic carbocycles. The number of allylic oxidation sites excluding steroid dienone is 14. The maximum absolute atomic E-state index is 12.7. The number of phosphoric ester groups is 1. The predicted octanol–water partition coefficient (Wildman–Crippen LogP) is 16.1. The third kappa shape index (κ3) is 52.6. The van der Waals surface area contributed by atoms with Crippen molar-refractivity contribution in [2.75, 3.05) is 47.5 Å². The first-order valence-corrected chi connectivity index (χ1v) is 28.8. The van der Waals surface area contributed by atoms with E-state index in [0.717, 1.165) is 83.5 Å². The summed E-state index contributed by atoms with van der Waals surface area (Å²) in [7, 11) is 1.16. The van der Waals surface area contributed by atoms with Crippen molar-refractivity contribution >= 4 is 19.8 Å². The van der Waals surface area contributed by atoms with Crippen LogP contribution in [0.4, 0.5) is 0 Å². The van der Waals surface area contributed by atoms with E-state index >= 15 is 0 Å². The SMILES string of the molecule is CC/C=C\C/C=C\C/C=C\C/C=C\C/C=C\C/C=C\C/C=C\CCCCCCCCCCCCCCCC(=O)OC(COC(=O)CCCCCCCCCCC)COP(=O)([O-])OCC[N+](C)(C)C. The van der Waals surface area contributed by atoms with Crippen molar-refractivity contribution in [3.8, 4) is 0 Å². The minimum absolute atomic E-state index is 0.0325. The topological polar surface area (TPSA) is 111 Å². The lowest BCUT2D eigenvalue weighted by Gasteiger charge is -2.28. The number of unbranched alkanes of at least 4 members (excludes halogenated alkanes) is 21. The van der Waals surface area contributed by atoms with E-state index in [-0.39, 0.29) is 32.0 Å². The fourth-order valence-corrected chi connectivity index (χ4v) is 7.95. The van der Waals surface area contributed by atoms with Gasteiger partial charge in [0.1, 0.15) is 19.8 Å². The highest BCUT2D eigenvalue weighted by Gasteiger charge is 2.21. The summed E-state index contributed by atoms with van der Waals surface area (Å²) in [5.41, 5.74) is 0. The van der Waals surface area contributed by atoms with Gasteiger partial charge in [-0.2, -0.15) is 0 Å².